The number of urea groups is 1. The largest absolute Gasteiger partial charge is 0.338 e. The number of sulfonamides is 1. The van der Waals surface area contributed by atoms with Crippen molar-refractivity contribution in [1.29, 1.82) is 5.41 Å². The summed E-state index contributed by atoms with van der Waals surface area (Å²) in [6, 6.07) is 6.87. The van der Waals surface area contributed by atoms with Crippen molar-refractivity contribution < 1.29 is 13.2 Å². The van der Waals surface area contributed by atoms with Gasteiger partial charge >= 0.3 is 6.03 Å². The second kappa shape index (κ2) is 10.8. The van der Waals surface area contributed by atoms with Crippen LogP contribution in [-0.4, -0.2) is 61.8 Å². The Labute approximate surface area is 185 Å². The van der Waals surface area contributed by atoms with Crippen molar-refractivity contribution in [2.45, 2.75) is 69.2 Å². The van der Waals surface area contributed by atoms with Gasteiger partial charge in [-0.05, 0) is 43.4 Å². The molecule has 9 heteroatoms. The number of hydrogen-bond donors (Lipinski definition) is 3. The number of carbonyl (C=O) groups is 1. The fraction of sp³-hybridized carbons (Fsp3) is 0.636. The molecule has 0 spiro atoms. The number of nitrogens with one attached hydrogen (secondary N) is 3. The molecule has 3 rings (SSSR count). The number of amides is 2. The van der Waals surface area contributed by atoms with Crippen LogP contribution < -0.4 is 10.6 Å². The van der Waals surface area contributed by atoms with Crippen LogP contribution >= 0.6 is 0 Å². The molecule has 1 aliphatic heterocycles. The van der Waals surface area contributed by atoms with Crippen molar-refractivity contribution in [3.05, 3.63) is 29.8 Å². The van der Waals surface area contributed by atoms with Crippen molar-refractivity contribution >= 4 is 22.0 Å². The van der Waals surface area contributed by atoms with Crippen LogP contribution in [0.4, 0.5) is 4.79 Å². The van der Waals surface area contributed by atoms with Crippen LogP contribution in [0.5, 0.6) is 0 Å². The number of benzene rings is 1. The quantitative estimate of drug-likeness (QED) is 0.504. The minimum absolute atomic E-state index is 0.106. The fourth-order valence-corrected chi connectivity index (χ4v) is 5.64. The lowest BCUT2D eigenvalue weighted by atomic mass is 9.94. The maximum Gasteiger partial charge on any atom is 0.314 e. The van der Waals surface area contributed by atoms with Gasteiger partial charge in [-0.1, -0.05) is 44.7 Å². The molecular formula is C22H35N5O3S. The van der Waals surface area contributed by atoms with E-state index in [1.807, 2.05) is 4.90 Å². The van der Waals surface area contributed by atoms with Gasteiger partial charge in [-0.15, -0.1) is 0 Å². The lowest BCUT2D eigenvalue weighted by molar-refractivity contribution is 0.241. The molecule has 2 amide bonds. The summed E-state index contributed by atoms with van der Waals surface area (Å²) < 4.78 is 27.4. The molecule has 0 radical (unpaired) electrons. The first-order chi connectivity index (χ1) is 14.9. The third kappa shape index (κ3) is 5.90. The number of carbonyl (C=O) groups excluding carboxylic acids is 1. The zero-order chi connectivity index (χ0) is 22.3. The molecule has 1 heterocycles. The second-order valence-corrected chi connectivity index (χ2v) is 10.2. The van der Waals surface area contributed by atoms with Crippen LogP contribution in [0.25, 0.3) is 0 Å². The lowest BCUT2D eigenvalue weighted by Crippen LogP contribution is -2.42. The summed E-state index contributed by atoms with van der Waals surface area (Å²) >= 11 is 0. The Morgan fingerprint density at radius 3 is 2.42 bits per heavy atom. The molecule has 1 aromatic carbocycles. The van der Waals surface area contributed by atoms with Gasteiger partial charge in [-0.3, -0.25) is 5.41 Å². The standard InChI is InChI=1S/C22H35N5O3S/c1-2-3-14-24-22(28)25-15-13-18-9-11-20(12-10-18)31(29,30)27-17-16-26(21(27)23)19-7-5-4-6-8-19/h9-12,19,23H,2-8,13-17H2,1H3,(H2,24,25,28). The number of rotatable bonds is 9. The molecule has 2 fully saturated rings. The number of hydrogen-bond acceptors (Lipinski definition) is 4. The monoisotopic (exact) mass is 449 g/mol. The zero-order valence-electron chi connectivity index (χ0n) is 18.4. The fourth-order valence-electron chi connectivity index (χ4n) is 4.25. The summed E-state index contributed by atoms with van der Waals surface area (Å²) in [6.45, 7) is 4.14. The van der Waals surface area contributed by atoms with E-state index in [4.69, 9.17) is 5.41 Å². The SMILES string of the molecule is CCCCNC(=O)NCCc1ccc(S(=O)(=O)N2CCN(C3CCCCC3)C2=N)cc1. The van der Waals surface area contributed by atoms with Gasteiger partial charge in [0.15, 0.2) is 0 Å². The number of nitrogens with zero attached hydrogens (tertiary/aromatic N) is 2. The van der Waals surface area contributed by atoms with Crippen LogP contribution in [0.2, 0.25) is 0 Å². The van der Waals surface area contributed by atoms with E-state index in [1.165, 1.54) is 10.7 Å². The molecule has 172 valence electrons. The van der Waals surface area contributed by atoms with Crippen molar-refractivity contribution in [3.63, 3.8) is 0 Å². The van der Waals surface area contributed by atoms with E-state index in [2.05, 4.69) is 17.6 Å². The molecule has 2 aliphatic rings. The predicted octanol–water partition coefficient (Wildman–Crippen LogP) is 2.90. The van der Waals surface area contributed by atoms with Gasteiger partial charge in [0.2, 0.25) is 5.96 Å². The van der Waals surface area contributed by atoms with Gasteiger partial charge in [0, 0.05) is 25.7 Å². The highest BCUT2D eigenvalue weighted by molar-refractivity contribution is 7.89. The van der Waals surface area contributed by atoms with Gasteiger partial charge in [0.25, 0.3) is 10.0 Å². The van der Waals surface area contributed by atoms with Crippen molar-refractivity contribution in [3.8, 4) is 0 Å². The first-order valence-corrected chi connectivity index (χ1v) is 12.9. The molecule has 1 saturated heterocycles. The minimum atomic E-state index is -3.74. The average molecular weight is 450 g/mol. The molecule has 1 aromatic rings. The highest BCUT2D eigenvalue weighted by Gasteiger charge is 2.38. The summed E-state index contributed by atoms with van der Waals surface area (Å²) in [4.78, 5) is 13.8. The third-order valence-electron chi connectivity index (χ3n) is 6.09. The van der Waals surface area contributed by atoms with Gasteiger partial charge in [0.05, 0.1) is 11.4 Å². The Hall–Kier alpha value is -2.29. The maximum absolute atomic E-state index is 13.1. The van der Waals surface area contributed by atoms with Crippen molar-refractivity contribution in [2.24, 2.45) is 0 Å². The Balaban J connectivity index is 1.53. The molecule has 8 nitrogen and oxygen atoms in total. The lowest BCUT2D eigenvalue weighted by Gasteiger charge is -2.32. The molecule has 1 aliphatic carbocycles. The zero-order valence-corrected chi connectivity index (χ0v) is 19.2. The molecule has 1 saturated carbocycles. The maximum atomic E-state index is 13.1. The first-order valence-electron chi connectivity index (χ1n) is 11.4. The highest BCUT2D eigenvalue weighted by Crippen LogP contribution is 2.28. The smallest absolute Gasteiger partial charge is 0.314 e. The summed E-state index contributed by atoms with van der Waals surface area (Å²) in [5, 5.41) is 14.1. The predicted molar refractivity (Wildman–Crippen MR) is 122 cm³/mol. The Kier molecular flexibility index (Phi) is 8.17. The van der Waals surface area contributed by atoms with Crippen LogP contribution in [-0.2, 0) is 16.4 Å². The molecule has 0 atom stereocenters. The molecule has 0 aromatic heterocycles. The summed E-state index contributed by atoms with van der Waals surface area (Å²) in [5.41, 5.74) is 0.952. The second-order valence-electron chi connectivity index (χ2n) is 8.32. The van der Waals surface area contributed by atoms with Gasteiger partial charge in [0.1, 0.15) is 0 Å². The number of unbranched alkanes of at least 4 members (excludes halogenated alkanes) is 1. The van der Waals surface area contributed by atoms with E-state index in [0.717, 1.165) is 44.1 Å². The van der Waals surface area contributed by atoms with Crippen LogP contribution in [0, 0.1) is 5.41 Å². The van der Waals surface area contributed by atoms with Crippen LogP contribution in [0.15, 0.2) is 29.2 Å². The van der Waals surface area contributed by atoms with E-state index >= 15 is 0 Å². The minimum Gasteiger partial charge on any atom is -0.338 e. The molecule has 3 N–H and O–H groups in total. The first kappa shape index (κ1) is 23.4. The van der Waals surface area contributed by atoms with Crippen LogP contribution in [0.3, 0.4) is 0 Å². The topological polar surface area (TPSA) is 106 Å². The molecular weight excluding hydrogens is 414 g/mol. The summed E-state index contributed by atoms with van der Waals surface area (Å²) in [6.07, 6.45) is 8.21. The van der Waals surface area contributed by atoms with Gasteiger partial charge < -0.3 is 15.5 Å². The van der Waals surface area contributed by atoms with E-state index in [9.17, 15) is 13.2 Å². The summed E-state index contributed by atoms with van der Waals surface area (Å²) in [7, 11) is -3.74. The van der Waals surface area contributed by atoms with E-state index in [1.54, 1.807) is 24.3 Å². The van der Waals surface area contributed by atoms with Crippen molar-refractivity contribution in [2.75, 3.05) is 26.2 Å². The van der Waals surface area contributed by atoms with Gasteiger partial charge in [-0.25, -0.2) is 17.5 Å². The third-order valence-corrected chi connectivity index (χ3v) is 7.90. The Morgan fingerprint density at radius 2 is 1.74 bits per heavy atom. The molecule has 0 unspecified atom stereocenters. The average Bonchev–Trinajstić information content (AvgIpc) is 3.17. The molecule has 31 heavy (non-hydrogen) atoms. The van der Waals surface area contributed by atoms with E-state index in [0.29, 0.717) is 32.6 Å². The highest BCUT2D eigenvalue weighted by atomic mass is 32.2. The Morgan fingerprint density at radius 1 is 1.06 bits per heavy atom. The van der Waals surface area contributed by atoms with E-state index < -0.39 is 10.0 Å². The van der Waals surface area contributed by atoms with Crippen molar-refractivity contribution in [1.82, 2.24) is 19.8 Å². The summed E-state index contributed by atoms with van der Waals surface area (Å²) in [5.74, 6) is 0.106. The van der Waals surface area contributed by atoms with Gasteiger partial charge in [-0.2, -0.15) is 0 Å². The number of guanidine groups is 1. The van der Waals surface area contributed by atoms with E-state index in [-0.39, 0.29) is 22.9 Å². The molecule has 0 bridgehead atoms. The Bertz CT molecular complexity index is 850. The normalized spacial score (nSPS) is 17.8. The van der Waals surface area contributed by atoms with Crippen LogP contribution in [0.1, 0.15) is 57.4 Å².